The summed E-state index contributed by atoms with van der Waals surface area (Å²) >= 11 is 1.76. The number of hydrogen-bond acceptors (Lipinski definition) is 4. The molecule has 0 aromatic heterocycles. The van der Waals surface area contributed by atoms with E-state index in [0.29, 0.717) is 10.8 Å². The molecule has 5 heteroatoms. The fourth-order valence-corrected chi connectivity index (χ4v) is 3.11. The van der Waals surface area contributed by atoms with Crippen molar-refractivity contribution >= 4 is 21.6 Å². The summed E-state index contributed by atoms with van der Waals surface area (Å²) in [5.41, 5.74) is 0.149. The van der Waals surface area contributed by atoms with Crippen LogP contribution in [0.25, 0.3) is 0 Å². The van der Waals surface area contributed by atoms with E-state index in [-0.39, 0.29) is 5.54 Å². The Kier molecular flexibility index (Phi) is 6.10. The van der Waals surface area contributed by atoms with Crippen LogP contribution >= 0.6 is 11.8 Å². The van der Waals surface area contributed by atoms with Gasteiger partial charge in [-0.2, -0.15) is 0 Å². The average molecular weight is 316 g/mol. The van der Waals surface area contributed by atoms with Crippen LogP contribution in [0.2, 0.25) is 0 Å². The summed E-state index contributed by atoms with van der Waals surface area (Å²) in [5.74, 6) is 1.58. The van der Waals surface area contributed by atoms with Crippen LogP contribution in [0.15, 0.2) is 34.1 Å². The minimum absolute atomic E-state index is 0.149. The van der Waals surface area contributed by atoms with Crippen molar-refractivity contribution in [1.29, 1.82) is 0 Å². The van der Waals surface area contributed by atoms with Gasteiger partial charge in [-0.25, -0.2) is 8.42 Å². The maximum absolute atomic E-state index is 11.4. The Hall–Kier alpha value is -0.520. The number of nitrogens with one attached hydrogen (secondary N) is 1. The molecule has 1 N–H and O–H groups in total. The van der Waals surface area contributed by atoms with Gasteiger partial charge in [-0.05, 0) is 57.5 Å². The summed E-state index contributed by atoms with van der Waals surface area (Å²) in [6.07, 6.45) is 1.23. The molecule has 1 aromatic rings. The minimum atomic E-state index is -3.10. The Morgan fingerprint density at radius 1 is 1.20 bits per heavy atom. The first-order chi connectivity index (χ1) is 9.08. The van der Waals surface area contributed by atoms with Gasteiger partial charge in [-0.1, -0.05) is 6.92 Å². The molecule has 0 saturated heterocycles. The number of sulfone groups is 1. The summed E-state index contributed by atoms with van der Waals surface area (Å²) in [6.45, 7) is 9.69. The predicted octanol–water partition coefficient (Wildman–Crippen LogP) is 3.21. The van der Waals surface area contributed by atoms with Crippen molar-refractivity contribution in [1.82, 2.24) is 5.32 Å². The summed E-state index contributed by atoms with van der Waals surface area (Å²) in [6, 6.07) is 7.11. The highest BCUT2D eigenvalue weighted by atomic mass is 32.2. The number of benzene rings is 1. The molecular weight excluding hydrogens is 290 g/mol. The molecule has 3 nitrogen and oxygen atoms in total. The molecule has 1 atom stereocenters. The molecule has 1 aromatic carbocycles. The predicted molar refractivity (Wildman–Crippen MR) is 87.2 cm³/mol. The molecule has 0 saturated carbocycles. The van der Waals surface area contributed by atoms with Gasteiger partial charge < -0.3 is 5.32 Å². The monoisotopic (exact) mass is 315 g/mol. The molecule has 0 heterocycles. The lowest BCUT2D eigenvalue weighted by atomic mass is 10.1. The van der Waals surface area contributed by atoms with Crippen LogP contribution in [0.1, 0.15) is 27.7 Å². The Morgan fingerprint density at radius 3 is 2.20 bits per heavy atom. The van der Waals surface area contributed by atoms with Crippen LogP contribution in [0.5, 0.6) is 0 Å². The Bertz CT molecular complexity index is 516. The van der Waals surface area contributed by atoms with Gasteiger partial charge in [0.1, 0.15) is 0 Å². The van der Waals surface area contributed by atoms with E-state index in [1.807, 2.05) is 12.1 Å². The second kappa shape index (κ2) is 6.96. The lowest BCUT2D eigenvalue weighted by Gasteiger charge is -2.23. The van der Waals surface area contributed by atoms with Gasteiger partial charge in [-0.15, -0.1) is 11.8 Å². The maximum atomic E-state index is 11.4. The molecule has 1 rings (SSSR count). The average Bonchev–Trinajstić information content (AvgIpc) is 2.32. The van der Waals surface area contributed by atoms with Crippen molar-refractivity contribution in [3.8, 4) is 0 Å². The largest absolute Gasteiger partial charge is 0.312 e. The molecule has 0 aliphatic heterocycles. The fourth-order valence-electron chi connectivity index (χ4n) is 1.56. The molecule has 0 radical (unpaired) electrons. The van der Waals surface area contributed by atoms with Crippen LogP contribution < -0.4 is 5.32 Å². The minimum Gasteiger partial charge on any atom is -0.312 e. The second-order valence-corrected chi connectivity index (χ2v) is 9.40. The molecule has 0 bridgehead atoms. The smallest absolute Gasteiger partial charge is 0.175 e. The zero-order valence-electron chi connectivity index (χ0n) is 12.9. The Balaban J connectivity index is 2.46. The van der Waals surface area contributed by atoms with Crippen molar-refractivity contribution in [2.45, 2.75) is 43.0 Å². The highest BCUT2D eigenvalue weighted by Gasteiger charge is 2.11. The summed E-state index contributed by atoms with van der Waals surface area (Å²) < 4.78 is 22.7. The van der Waals surface area contributed by atoms with Gasteiger partial charge in [0.2, 0.25) is 0 Å². The van der Waals surface area contributed by atoms with Crippen LogP contribution in [0.4, 0.5) is 0 Å². The van der Waals surface area contributed by atoms with Crippen LogP contribution in [0, 0.1) is 5.92 Å². The van der Waals surface area contributed by atoms with Crippen molar-refractivity contribution in [3.63, 3.8) is 0 Å². The van der Waals surface area contributed by atoms with Gasteiger partial charge in [0.05, 0.1) is 4.90 Å². The molecule has 0 spiro atoms. The lowest BCUT2D eigenvalue weighted by molar-refractivity contribution is 0.395. The van der Waals surface area contributed by atoms with E-state index in [9.17, 15) is 8.42 Å². The van der Waals surface area contributed by atoms with Gasteiger partial charge in [0.25, 0.3) is 0 Å². The van der Waals surface area contributed by atoms with Gasteiger partial charge in [0.15, 0.2) is 9.84 Å². The second-order valence-electron chi connectivity index (χ2n) is 6.29. The Morgan fingerprint density at radius 2 is 1.75 bits per heavy atom. The van der Waals surface area contributed by atoms with Crippen molar-refractivity contribution in [3.05, 3.63) is 24.3 Å². The molecule has 0 amide bonds. The van der Waals surface area contributed by atoms with E-state index in [1.165, 1.54) is 6.26 Å². The highest BCUT2D eigenvalue weighted by molar-refractivity contribution is 7.99. The van der Waals surface area contributed by atoms with Gasteiger partial charge >= 0.3 is 0 Å². The van der Waals surface area contributed by atoms with Crippen molar-refractivity contribution in [2.24, 2.45) is 5.92 Å². The Labute approximate surface area is 127 Å². The first-order valence-corrected chi connectivity index (χ1v) is 9.63. The van der Waals surface area contributed by atoms with E-state index < -0.39 is 9.84 Å². The summed E-state index contributed by atoms with van der Waals surface area (Å²) in [4.78, 5) is 1.49. The third kappa shape index (κ3) is 6.77. The van der Waals surface area contributed by atoms with Crippen LogP contribution in [-0.4, -0.2) is 32.5 Å². The fraction of sp³-hybridized carbons (Fsp3) is 0.600. The number of thioether (sulfide) groups is 1. The first kappa shape index (κ1) is 17.5. The number of hydrogen-bond donors (Lipinski definition) is 1. The third-order valence-electron chi connectivity index (χ3n) is 2.77. The zero-order chi connectivity index (χ0) is 15.4. The SMILES string of the molecule is CC(CNC(C)(C)C)CSc1ccc(S(C)(=O)=O)cc1. The van der Waals surface area contributed by atoms with Gasteiger partial charge in [0, 0.05) is 22.4 Å². The third-order valence-corrected chi connectivity index (χ3v) is 5.24. The van der Waals surface area contributed by atoms with E-state index >= 15 is 0 Å². The lowest BCUT2D eigenvalue weighted by Crippen LogP contribution is -2.39. The van der Waals surface area contributed by atoms with Crippen LogP contribution in [0.3, 0.4) is 0 Å². The van der Waals surface area contributed by atoms with Crippen molar-refractivity contribution in [2.75, 3.05) is 18.6 Å². The standard InChI is InChI=1S/C15H25NO2S2/c1-12(10-16-15(2,3)4)11-19-13-6-8-14(9-7-13)20(5,17)18/h6-9,12,16H,10-11H2,1-5H3. The molecular formula is C15H25NO2S2. The van der Waals surface area contributed by atoms with E-state index in [0.717, 1.165) is 17.2 Å². The quantitative estimate of drug-likeness (QED) is 0.819. The topological polar surface area (TPSA) is 46.2 Å². The van der Waals surface area contributed by atoms with Gasteiger partial charge in [-0.3, -0.25) is 0 Å². The molecule has 0 aliphatic rings. The molecule has 0 fully saturated rings. The van der Waals surface area contributed by atoms with Crippen molar-refractivity contribution < 1.29 is 8.42 Å². The molecule has 0 aliphatic carbocycles. The van der Waals surface area contributed by atoms with E-state index in [4.69, 9.17) is 0 Å². The maximum Gasteiger partial charge on any atom is 0.175 e. The summed E-state index contributed by atoms with van der Waals surface area (Å²) in [7, 11) is -3.10. The van der Waals surface area contributed by atoms with Crippen LogP contribution in [-0.2, 0) is 9.84 Å². The molecule has 20 heavy (non-hydrogen) atoms. The normalized spacial score (nSPS) is 14.2. The van der Waals surface area contributed by atoms with E-state index in [2.05, 4.69) is 33.0 Å². The molecule has 114 valence electrons. The highest BCUT2D eigenvalue weighted by Crippen LogP contribution is 2.22. The zero-order valence-corrected chi connectivity index (χ0v) is 14.6. The summed E-state index contributed by atoms with van der Waals surface area (Å²) in [5, 5.41) is 3.49. The number of rotatable bonds is 6. The molecule has 1 unspecified atom stereocenters. The van der Waals surface area contributed by atoms with E-state index in [1.54, 1.807) is 23.9 Å². The first-order valence-electron chi connectivity index (χ1n) is 6.76.